The fourth-order valence-electron chi connectivity index (χ4n) is 2.66. The molecule has 1 aliphatic rings. The van der Waals surface area contributed by atoms with E-state index in [1.165, 1.54) is 19.3 Å². The summed E-state index contributed by atoms with van der Waals surface area (Å²) in [5.41, 5.74) is 6.07. The maximum Gasteiger partial charge on any atom is 0.141 e. The zero-order chi connectivity index (χ0) is 12.3. The quantitative estimate of drug-likeness (QED) is 0.848. The highest BCUT2D eigenvalue weighted by Gasteiger charge is 2.26. The maximum atomic E-state index is 6.07. The molecule has 0 aliphatic carbocycles. The number of rotatable bonds is 4. The first-order valence-corrected chi connectivity index (χ1v) is 6.58. The van der Waals surface area contributed by atoms with Crippen LogP contribution >= 0.6 is 0 Å². The van der Waals surface area contributed by atoms with E-state index in [0.29, 0.717) is 6.04 Å². The van der Waals surface area contributed by atoms with E-state index in [2.05, 4.69) is 28.8 Å². The summed E-state index contributed by atoms with van der Waals surface area (Å²) in [7, 11) is 0. The summed E-state index contributed by atoms with van der Waals surface area (Å²) in [6, 6.07) is 0.721. The number of aromatic nitrogens is 3. The monoisotopic (exact) mass is 237 g/mol. The van der Waals surface area contributed by atoms with E-state index in [4.69, 9.17) is 5.73 Å². The topological polar surface area (TPSA) is 60.0 Å². The molecule has 2 atom stereocenters. The molecule has 1 fully saturated rings. The van der Waals surface area contributed by atoms with Crippen LogP contribution in [0.4, 0.5) is 0 Å². The van der Waals surface area contributed by atoms with Crippen molar-refractivity contribution in [2.45, 2.75) is 58.3 Å². The molecule has 0 radical (unpaired) electrons. The summed E-state index contributed by atoms with van der Waals surface area (Å²) in [5.74, 6) is 1.06. The summed E-state index contributed by atoms with van der Waals surface area (Å²) >= 11 is 0. The van der Waals surface area contributed by atoms with Crippen molar-refractivity contribution in [1.82, 2.24) is 19.7 Å². The van der Waals surface area contributed by atoms with Crippen molar-refractivity contribution < 1.29 is 0 Å². The molecular formula is C12H23N5. The van der Waals surface area contributed by atoms with Crippen LogP contribution in [-0.2, 0) is 13.1 Å². The van der Waals surface area contributed by atoms with Gasteiger partial charge in [0.1, 0.15) is 12.2 Å². The number of nitrogens with zero attached hydrogens (tertiary/aromatic N) is 4. The first kappa shape index (κ1) is 12.5. The molecule has 1 saturated heterocycles. The standard InChI is InChI=1S/C12H23N5/c1-3-17-12(14-9-15-17)8-16-7-5-4-6-11(16)10(2)13/h9-11H,3-8,13H2,1-2H3. The Balaban J connectivity index is 2.05. The third kappa shape index (κ3) is 2.84. The second kappa shape index (κ2) is 5.60. The number of aryl methyl sites for hydroxylation is 1. The Morgan fingerprint density at radius 2 is 2.35 bits per heavy atom. The highest BCUT2D eigenvalue weighted by atomic mass is 15.3. The van der Waals surface area contributed by atoms with Crippen molar-refractivity contribution in [2.75, 3.05) is 6.54 Å². The van der Waals surface area contributed by atoms with Gasteiger partial charge in [-0.05, 0) is 33.2 Å². The molecule has 5 nitrogen and oxygen atoms in total. The van der Waals surface area contributed by atoms with Crippen LogP contribution in [0, 0.1) is 0 Å². The van der Waals surface area contributed by atoms with Crippen molar-refractivity contribution in [1.29, 1.82) is 0 Å². The van der Waals surface area contributed by atoms with Gasteiger partial charge in [0, 0.05) is 18.6 Å². The average Bonchev–Trinajstić information content (AvgIpc) is 2.77. The minimum atomic E-state index is 0.230. The van der Waals surface area contributed by atoms with E-state index < -0.39 is 0 Å². The second-order valence-electron chi connectivity index (χ2n) is 4.88. The van der Waals surface area contributed by atoms with E-state index in [1.54, 1.807) is 6.33 Å². The molecule has 5 heteroatoms. The number of likely N-dealkylation sites (tertiary alicyclic amines) is 1. The van der Waals surface area contributed by atoms with Gasteiger partial charge in [-0.1, -0.05) is 6.42 Å². The minimum absolute atomic E-state index is 0.230. The van der Waals surface area contributed by atoms with Crippen LogP contribution in [0.25, 0.3) is 0 Å². The summed E-state index contributed by atoms with van der Waals surface area (Å²) in [6.07, 6.45) is 5.41. The van der Waals surface area contributed by atoms with Gasteiger partial charge in [-0.25, -0.2) is 9.67 Å². The zero-order valence-corrected chi connectivity index (χ0v) is 10.8. The van der Waals surface area contributed by atoms with Crippen LogP contribution in [0.5, 0.6) is 0 Å². The highest BCUT2D eigenvalue weighted by molar-refractivity contribution is 4.90. The smallest absolute Gasteiger partial charge is 0.141 e. The molecule has 0 amide bonds. The summed E-state index contributed by atoms with van der Waals surface area (Å²) in [6.45, 7) is 7.08. The Bertz CT molecular complexity index is 346. The molecule has 17 heavy (non-hydrogen) atoms. The molecule has 1 aromatic rings. The van der Waals surface area contributed by atoms with Crippen LogP contribution < -0.4 is 5.73 Å². The van der Waals surface area contributed by atoms with Gasteiger partial charge in [0.15, 0.2) is 0 Å². The van der Waals surface area contributed by atoms with Crippen molar-refractivity contribution in [3.63, 3.8) is 0 Å². The van der Waals surface area contributed by atoms with Crippen molar-refractivity contribution in [2.24, 2.45) is 5.73 Å². The molecule has 0 bridgehead atoms. The Morgan fingerprint density at radius 3 is 3.06 bits per heavy atom. The predicted molar refractivity (Wildman–Crippen MR) is 67.4 cm³/mol. The predicted octanol–water partition coefficient (Wildman–Crippen LogP) is 1.000. The van der Waals surface area contributed by atoms with Gasteiger partial charge in [0.25, 0.3) is 0 Å². The van der Waals surface area contributed by atoms with Gasteiger partial charge in [-0.2, -0.15) is 5.10 Å². The van der Waals surface area contributed by atoms with E-state index in [0.717, 1.165) is 25.5 Å². The third-order valence-corrected chi connectivity index (χ3v) is 3.61. The maximum absolute atomic E-state index is 6.07. The molecule has 1 aromatic heterocycles. The number of hydrogen-bond acceptors (Lipinski definition) is 4. The first-order chi connectivity index (χ1) is 8.22. The molecule has 2 N–H and O–H groups in total. The molecule has 1 aliphatic heterocycles. The first-order valence-electron chi connectivity index (χ1n) is 6.58. The molecule has 96 valence electrons. The summed E-state index contributed by atoms with van der Waals surface area (Å²) < 4.78 is 1.97. The van der Waals surface area contributed by atoms with Crippen molar-refractivity contribution >= 4 is 0 Å². The Morgan fingerprint density at radius 1 is 1.53 bits per heavy atom. The molecule has 2 rings (SSSR count). The fourth-order valence-corrected chi connectivity index (χ4v) is 2.66. The fraction of sp³-hybridized carbons (Fsp3) is 0.833. The van der Waals surface area contributed by atoms with Crippen LogP contribution in [0.3, 0.4) is 0 Å². The normalized spacial score (nSPS) is 23.8. The van der Waals surface area contributed by atoms with E-state index in [1.807, 2.05) is 4.68 Å². The van der Waals surface area contributed by atoms with Crippen LogP contribution in [0.2, 0.25) is 0 Å². The van der Waals surface area contributed by atoms with Gasteiger partial charge in [-0.3, -0.25) is 4.90 Å². The van der Waals surface area contributed by atoms with Gasteiger partial charge >= 0.3 is 0 Å². The molecule has 0 saturated carbocycles. The molecule has 2 unspecified atom stereocenters. The Labute approximate surface area is 103 Å². The molecule has 0 aromatic carbocycles. The van der Waals surface area contributed by atoms with Crippen LogP contribution in [0.1, 0.15) is 38.9 Å². The lowest BCUT2D eigenvalue weighted by atomic mass is 9.97. The Hall–Kier alpha value is -0.940. The number of piperidine rings is 1. The van der Waals surface area contributed by atoms with Crippen LogP contribution in [0.15, 0.2) is 6.33 Å². The molecule has 0 spiro atoms. The average molecular weight is 237 g/mol. The summed E-state index contributed by atoms with van der Waals surface area (Å²) in [5, 5.41) is 4.22. The van der Waals surface area contributed by atoms with E-state index in [-0.39, 0.29) is 6.04 Å². The lowest BCUT2D eigenvalue weighted by molar-refractivity contribution is 0.118. The van der Waals surface area contributed by atoms with Gasteiger partial charge in [-0.15, -0.1) is 0 Å². The largest absolute Gasteiger partial charge is 0.327 e. The SMILES string of the molecule is CCn1ncnc1CN1CCCCC1C(C)N. The van der Waals surface area contributed by atoms with Gasteiger partial charge in [0.2, 0.25) is 0 Å². The minimum Gasteiger partial charge on any atom is -0.327 e. The van der Waals surface area contributed by atoms with Gasteiger partial charge in [0.05, 0.1) is 6.54 Å². The number of hydrogen-bond donors (Lipinski definition) is 1. The van der Waals surface area contributed by atoms with E-state index >= 15 is 0 Å². The van der Waals surface area contributed by atoms with Crippen molar-refractivity contribution in [3.8, 4) is 0 Å². The Kier molecular flexibility index (Phi) is 4.12. The third-order valence-electron chi connectivity index (χ3n) is 3.61. The lowest BCUT2D eigenvalue weighted by Gasteiger charge is -2.37. The van der Waals surface area contributed by atoms with Crippen LogP contribution in [-0.4, -0.2) is 38.3 Å². The van der Waals surface area contributed by atoms with Gasteiger partial charge < -0.3 is 5.73 Å². The second-order valence-corrected chi connectivity index (χ2v) is 4.88. The highest BCUT2D eigenvalue weighted by Crippen LogP contribution is 2.20. The zero-order valence-electron chi connectivity index (χ0n) is 10.8. The lowest BCUT2D eigenvalue weighted by Crippen LogP contribution is -2.48. The van der Waals surface area contributed by atoms with Crippen molar-refractivity contribution in [3.05, 3.63) is 12.2 Å². The molecular weight excluding hydrogens is 214 g/mol. The van der Waals surface area contributed by atoms with E-state index in [9.17, 15) is 0 Å². The number of nitrogens with two attached hydrogens (primary N) is 1. The molecule has 2 heterocycles. The summed E-state index contributed by atoms with van der Waals surface area (Å²) in [4.78, 5) is 6.81.